The zero-order valence-electron chi connectivity index (χ0n) is 17.0. The van der Waals surface area contributed by atoms with Gasteiger partial charge in [-0.2, -0.15) is 0 Å². The molecule has 1 amide bonds. The molecule has 0 bridgehead atoms. The molecule has 5 nitrogen and oxygen atoms in total. The van der Waals surface area contributed by atoms with E-state index in [-0.39, 0.29) is 5.91 Å². The van der Waals surface area contributed by atoms with Crippen molar-refractivity contribution in [3.8, 4) is 11.3 Å². The number of rotatable bonds is 6. The van der Waals surface area contributed by atoms with Crippen molar-refractivity contribution in [2.24, 2.45) is 0 Å². The third-order valence-corrected chi connectivity index (χ3v) is 5.48. The van der Waals surface area contributed by atoms with E-state index in [0.29, 0.717) is 25.5 Å². The lowest BCUT2D eigenvalue weighted by atomic mass is 9.99. The number of benzene rings is 2. The lowest BCUT2D eigenvalue weighted by Crippen LogP contribution is -2.17. The fourth-order valence-electron chi connectivity index (χ4n) is 3.95. The Balaban J connectivity index is 1.51. The van der Waals surface area contributed by atoms with Gasteiger partial charge < -0.3 is 14.6 Å². The molecule has 1 aromatic heterocycles. The van der Waals surface area contributed by atoms with Gasteiger partial charge in [0.25, 0.3) is 0 Å². The maximum Gasteiger partial charge on any atom is 0.226 e. The molecule has 3 aromatic rings. The third kappa shape index (κ3) is 4.40. The van der Waals surface area contributed by atoms with Crippen molar-refractivity contribution in [1.29, 1.82) is 0 Å². The molecule has 5 heteroatoms. The number of nitrogens with one attached hydrogen (secondary N) is 1. The van der Waals surface area contributed by atoms with Gasteiger partial charge in [0.1, 0.15) is 0 Å². The van der Waals surface area contributed by atoms with Crippen molar-refractivity contribution in [2.45, 2.75) is 39.2 Å². The van der Waals surface area contributed by atoms with Crippen LogP contribution in [-0.4, -0.2) is 28.7 Å². The maximum atomic E-state index is 12.6. The topological polar surface area (TPSA) is 56.2 Å². The minimum Gasteiger partial charge on any atom is -0.381 e. The van der Waals surface area contributed by atoms with E-state index in [9.17, 15) is 4.79 Å². The minimum atomic E-state index is 0.0144. The Bertz CT molecular complexity index is 989. The maximum absolute atomic E-state index is 12.6. The summed E-state index contributed by atoms with van der Waals surface area (Å²) in [7, 11) is 0. The molecule has 1 unspecified atom stereocenters. The highest BCUT2D eigenvalue weighted by Crippen LogP contribution is 2.33. The Kier molecular flexibility index (Phi) is 5.76. The Hall–Kier alpha value is -2.92. The van der Waals surface area contributed by atoms with Gasteiger partial charge in [-0.15, -0.1) is 0 Å². The van der Waals surface area contributed by atoms with Crippen LogP contribution in [0.4, 0.5) is 5.69 Å². The Morgan fingerprint density at radius 1 is 1.21 bits per heavy atom. The molecule has 1 N–H and O–H groups in total. The summed E-state index contributed by atoms with van der Waals surface area (Å²) >= 11 is 0. The average Bonchev–Trinajstić information content (AvgIpc) is 3.38. The number of amides is 1. The molecule has 0 saturated carbocycles. The Labute approximate surface area is 171 Å². The second kappa shape index (κ2) is 8.62. The van der Waals surface area contributed by atoms with Gasteiger partial charge in [0.2, 0.25) is 5.91 Å². The highest BCUT2D eigenvalue weighted by Gasteiger charge is 2.26. The first-order chi connectivity index (χ1) is 14.1. The summed E-state index contributed by atoms with van der Waals surface area (Å²) in [4.78, 5) is 17.3. The zero-order chi connectivity index (χ0) is 20.2. The molecule has 2 heterocycles. The number of hydrogen-bond acceptors (Lipinski definition) is 3. The summed E-state index contributed by atoms with van der Waals surface area (Å²) < 4.78 is 7.76. The van der Waals surface area contributed by atoms with Gasteiger partial charge >= 0.3 is 0 Å². The summed E-state index contributed by atoms with van der Waals surface area (Å²) in [5.41, 5.74) is 6.42. The van der Waals surface area contributed by atoms with Crippen molar-refractivity contribution >= 4 is 11.6 Å². The molecule has 1 aliphatic heterocycles. The van der Waals surface area contributed by atoms with E-state index < -0.39 is 0 Å². The van der Waals surface area contributed by atoms with Crippen LogP contribution in [0.25, 0.3) is 11.3 Å². The standard InChI is InChI=1S/C24H27N3O2/c1-17-8-9-21(18(2)14-17)26-22(28)10-12-27-16-25-23(19-6-4-3-5-7-19)24(27)20-11-13-29-15-20/h3-9,14,16,20H,10-13,15H2,1-2H3,(H,26,28). The normalized spacial score (nSPS) is 16.1. The van der Waals surface area contributed by atoms with Crippen molar-refractivity contribution in [2.75, 3.05) is 18.5 Å². The fraction of sp³-hybridized carbons (Fsp3) is 0.333. The molecule has 0 spiro atoms. The summed E-state index contributed by atoms with van der Waals surface area (Å²) in [5, 5.41) is 3.04. The summed E-state index contributed by atoms with van der Waals surface area (Å²) in [6, 6.07) is 16.3. The molecule has 0 radical (unpaired) electrons. The zero-order valence-corrected chi connectivity index (χ0v) is 17.0. The minimum absolute atomic E-state index is 0.0144. The Morgan fingerprint density at radius 3 is 2.76 bits per heavy atom. The molecular weight excluding hydrogens is 362 g/mol. The van der Waals surface area contributed by atoms with Crippen LogP contribution in [0, 0.1) is 13.8 Å². The van der Waals surface area contributed by atoms with Gasteiger partial charge in [-0.3, -0.25) is 4.79 Å². The lowest BCUT2D eigenvalue weighted by molar-refractivity contribution is -0.116. The first-order valence-corrected chi connectivity index (χ1v) is 10.2. The van der Waals surface area contributed by atoms with Crippen LogP contribution < -0.4 is 5.32 Å². The quantitative estimate of drug-likeness (QED) is 0.665. The number of aromatic nitrogens is 2. The van der Waals surface area contributed by atoms with Crippen molar-refractivity contribution in [1.82, 2.24) is 9.55 Å². The van der Waals surface area contributed by atoms with Crippen LogP contribution in [0.15, 0.2) is 54.9 Å². The lowest BCUT2D eigenvalue weighted by Gasteiger charge is -2.15. The summed E-state index contributed by atoms with van der Waals surface area (Å²) in [5.74, 6) is 0.329. The summed E-state index contributed by atoms with van der Waals surface area (Å²) in [6.07, 6.45) is 3.25. The number of carbonyl (C=O) groups excluding carboxylic acids is 1. The number of ether oxygens (including phenoxy) is 1. The Morgan fingerprint density at radius 2 is 2.03 bits per heavy atom. The van der Waals surface area contributed by atoms with Gasteiger partial charge in [0, 0.05) is 36.7 Å². The molecule has 1 fully saturated rings. The molecule has 29 heavy (non-hydrogen) atoms. The van der Waals surface area contributed by atoms with Crippen LogP contribution in [0.1, 0.15) is 35.6 Å². The van der Waals surface area contributed by atoms with Gasteiger partial charge in [0.15, 0.2) is 0 Å². The van der Waals surface area contributed by atoms with E-state index in [2.05, 4.69) is 35.0 Å². The van der Waals surface area contributed by atoms with E-state index in [1.54, 1.807) is 0 Å². The first-order valence-electron chi connectivity index (χ1n) is 10.2. The molecule has 1 aliphatic rings. The van der Waals surface area contributed by atoms with Crippen molar-refractivity contribution in [3.05, 3.63) is 71.7 Å². The molecule has 4 rings (SSSR count). The first kappa shape index (κ1) is 19.4. The summed E-state index contributed by atoms with van der Waals surface area (Å²) in [6.45, 7) is 6.15. The average molecular weight is 389 g/mol. The fourth-order valence-corrected chi connectivity index (χ4v) is 3.95. The van der Waals surface area contributed by atoms with Crippen molar-refractivity contribution < 1.29 is 9.53 Å². The molecule has 1 saturated heterocycles. The van der Waals surface area contributed by atoms with Crippen LogP contribution in [0.5, 0.6) is 0 Å². The van der Waals surface area contributed by atoms with E-state index in [1.807, 2.05) is 43.6 Å². The van der Waals surface area contributed by atoms with Crippen LogP contribution in [-0.2, 0) is 16.1 Å². The van der Waals surface area contributed by atoms with Crippen LogP contribution in [0.2, 0.25) is 0 Å². The highest BCUT2D eigenvalue weighted by atomic mass is 16.5. The van der Waals surface area contributed by atoms with E-state index in [1.165, 1.54) is 11.3 Å². The van der Waals surface area contributed by atoms with Crippen LogP contribution in [0.3, 0.4) is 0 Å². The SMILES string of the molecule is Cc1ccc(NC(=O)CCn2cnc(-c3ccccc3)c2C2CCOC2)c(C)c1. The van der Waals surface area contributed by atoms with E-state index >= 15 is 0 Å². The van der Waals surface area contributed by atoms with Crippen molar-refractivity contribution in [3.63, 3.8) is 0 Å². The number of hydrogen-bond donors (Lipinski definition) is 1. The van der Waals surface area contributed by atoms with E-state index in [0.717, 1.165) is 35.5 Å². The second-order valence-corrected chi connectivity index (χ2v) is 7.71. The number of aryl methyl sites for hydroxylation is 3. The number of carbonyl (C=O) groups is 1. The molecule has 1 atom stereocenters. The van der Waals surface area contributed by atoms with Gasteiger partial charge in [-0.25, -0.2) is 4.98 Å². The largest absolute Gasteiger partial charge is 0.381 e. The predicted molar refractivity (Wildman–Crippen MR) is 115 cm³/mol. The molecular formula is C24H27N3O2. The smallest absolute Gasteiger partial charge is 0.226 e. The number of anilines is 1. The van der Waals surface area contributed by atoms with Gasteiger partial charge in [-0.1, -0.05) is 48.0 Å². The van der Waals surface area contributed by atoms with Gasteiger partial charge in [-0.05, 0) is 31.9 Å². The third-order valence-electron chi connectivity index (χ3n) is 5.48. The second-order valence-electron chi connectivity index (χ2n) is 7.71. The van der Waals surface area contributed by atoms with Gasteiger partial charge in [0.05, 0.1) is 24.3 Å². The van der Waals surface area contributed by atoms with Crippen LogP contribution >= 0.6 is 0 Å². The monoisotopic (exact) mass is 389 g/mol. The number of nitrogens with zero attached hydrogens (tertiary/aromatic N) is 2. The predicted octanol–water partition coefficient (Wildman–Crippen LogP) is 4.70. The molecule has 0 aliphatic carbocycles. The number of imidazole rings is 1. The highest BCUT2D eigenvalue weighted by molar-refractivity contribution is 5.91. The molecule has 150 valence electrons. The van der Waals surface area contributed by atoms with E-state index in [4.69, 9.17) is 9.72 Å². The molecule has 2 aromatic carbocycles.